The summed E-state index contributed by atoms with van der Waals surface area (Å²) < 4.78 is 10.2. The van der Waals surface area contributed by atoms with Crippen LogP contribution in [-0.4, -0.2) is 24.1 Å². The SMILES string of the molecule is O=C([O-])CC[C@H](NC(=O)OCc1ccccc1)C(=O)OCc1ccccc1. The number of nitrogens with one attached hydrogen (secondary N) is 1. The molecule has 7 heteroatoms. The summed E-state index contributed by atoms with van der Waals surface area (Å²) in [5.74, 6) is -2.06. The molecule has 0 heterocycles. The Morgan fingerprint density at radius 1 is 0.852 bits per heavy atom. The van der Waals surface area contributed by atoms with Gasteiger partial charge in [0.2, 0.25) is 0 Å². The minimum Gasteiger partial charge on any atom is -0.550 e. The average molecular weight is 370 g/mol. The second kappa shape index (κ2) is 10.6. The molecule has 0 aliphatic carbocycles. The van der Waals surface area contributed by atoms with Gasteiger partial charge in [0.05, 0.1) is 0 Å². The lowest BCUT2D eigenvalue weighted by molar-refractivity contribution is -0.305. The van der Waals surface area contributed by atoms with Crippen molar-refractivity contribution in [2.45, 2.75) is 32.1 Å². The molecule has 7 nitrogen and oxygen atoms in total. The zero-order valence-corrected chi connectivity index (χ0v) is 14.6. The summed E-state index contributed by atoms with van der Waals surface area (Å²) in [6, 6.07) is 16.9. The molecule has 142 valence electrons. The highest BCUT2D eigenvalue weighted by Crippen LogP contribution is 2.06. The van der Waals surface area contributed by atoms with E-state index in [9.17, 15) is 19.5 Å². The molecule has 0 fully saturated rings. The molecule has 1 N–H and O–H groups in total. The number of esters is 1. The zero-order valence-electron chi connectivity index (χ0n) is 14.6. The van der Waals surface area contributed by atoms with Gasteiger partial charge in [0.15, 0.2) is 0 Å². The Bertz CT molecular complexity index is 748. The lowest BCUT2D eigenvalue weighted by Gasteiger charge is -2.18. The van der Waals surface area contributed by atoms with Crippen LogP contribution in [0.2, 0.25) is 0 Å². The number of rotatable bonds is 9. The van der Waals surface area contributed by atoms with Crippen LogP contribution in [0.4, 0.5) is 4.79 Å². The van der Waals surface area contributed by atoms with Crippen LogP contribution in [-0.2, 0) is 32.3 Å². The maximum Gasteiger partial charge on any atom is 0.408 e. The third-order valence-corrected chi connectivity index (χ3v) is 3.65. The van der Waals surface area contributed by atoms with Crippen molar-refractivity contribution in [3.63, 3.8) is 0 Å². The smallest absolute Gasteiger partial charge is 0.408 e. The fourth-order valence-electron chi connectivity index (χ4n) is 2.25. The molecule has 0 saturated carbocycles. The van der Waals surface area contributed by atoms with Gasteiger partial charge < -0.3 is 24.7 Å². The Balaban J connectivity index is 1.88. The third-order valence-electron chi connectivity index (χ3n) is 3.65. The lowest BCUT2D eigenvalue weighted by Crippen LogP contribution is -2.43. The van der Waals surface area contributed by atoms with Gasteiger partial charge in [0.1, 0.15) is 19.3 Å². The summed E-state index contributed by atoms with van der Waals surface area (Å²) in [7, 11) is 0. The average Bonchev–Trinajstić information content (AvgIpc) is 2.69. The van der Waals surface area contributed by atoms with Crippen LogP contribution in [0.3, 0.4) is 0 Å². The summed E-state index contributed by atoms with van der Waals surface area (Å²) in [6.07, 6.45) is -1.39. The minimum atomic E-state index is -1.32. The van der Waals surface area contributed by atoms with Crippen molar-refractivity contribution in [2.75, 3.05) is 0 Å². The summed E-state index contributed by atoms with van der Waals surface area (Å²) >= 11 is 0. The van der Waals surface area contributed by atoms with E-state index in [2.05, 4.69) is 5.32 Å². The number of amides is 1. The first kappa shape index (κ1) is 20.0. The largest absolute Gasteiger partial charge is 0.550 e. The molecular formula is C20H20NO6-. The van der Waals surface area contributed by atoms with Crippen molar-refractivity contribution in [3.8, 4) is 0 Å². The van der Waals surface area contributed by atoms with Gasteiger partial charge in [-0.3, -0.25) is 0 Å². The number of ether oxygens (including phenoxy) is 2. The van der Waals surface area contributed by atoms with E-state index in [1.54, 1.807) is 48.5 Å². The highest BCUT2D eigenvalue weighted by molar-refractivity contribution is 5.81. The van der Waals surface area contributed by atoms with Crippen molar-refractivity contribution in [1.82, 2.24) is 5.32 Å². The van der Waals surface area contributed by atoms with Gasteiger partial charge in [0.25, 0.3) is 0 Å². The maximum atomic E-state index is 12.2. The van der Waals surface area contributed by atoms with E-state index in [4.69, 9.17) is 9.47 Å². The van der Waals surface area contributed by atoms with E-state index in [1.807, 2.05) is 12.1 Å². The van der Waals surface area contributed by atoms with Crippen LogP contribution in [0.1, 0.15) is 24.0 Å². The molecule has 2 rings (SSSR count). The lowest BCUT2D eigenvalue weighted by atomic mass is 10.1. The number of carbonyl (C=O) groups excluding carboxylic acids is 3. The first-order valence-electron chi connectivity index (χ1n) is 8.42. The minimum absolute atomic E-state index is 0.0161. The molecule has 2 aromatic carbocycles. The molecule has 1 atom stereocenters. The van der Waals surface area contributed by atoms with Crippen LogP contribution < -0.4 is 10.4 Å². The summed E-state index contributed by atoms with van der Waals surface area (Å²) in [6.45, 7) is 0.0428. The first-order chi connectivity index (χ1) is 13.0. The molecule has 2 aromatic rings. The molecule has 1 amide bonds. The Morgan fingerprint density at radius 3 is 1.89 bits per heavy atom. The van der Waals surface area contributed by atoms with E-state index in [0.717, 1.165) is 11.1 Å². The Labute approximate surface area is 156 Å². The number of hydrogen-bond donors (Lipinski definition) is 1. The predicted octanol–water partition coefficient (Wildman–Crippen LogP) is 1.55. The van der Waals surface area contributed by atoms with Crippen LogP contribution >= 0.6 is 0 Å². The van der Waals surface area contributed by atoms with Gasteiger partial charge >= 0.3 is 12.1 Å². The first-order valence-corrected chi connectivity index (χ1v) is 8.42. The second-order valence-electron chi connectivity index (χ2n) is 5.76. The number of hydrogen-bond acceptors (Lipinski definition) is 6. The van der Waals surface area contributed by atoms with E-state index in [0.29, 0.717) is 0 Å². The molecule has 0 aliphatic rings. The van der Waals surface area contributed by atoms with Crippen molar-refractivity contribution in [3.05, 3.63) is 71.8 Å². The number of carboxylic acid groups (broad SMARTS) is 1. The predicted molar refractivity (Wildman–Crippen MR) is 94.0 cm³/mol. The topological polar surface area (TPSA) is 105 Å². The summed E-state index contributed by atoms with van der Waals surface area (Å²) in [5, 5.41) is 13.0. The van der Waals surface area contributed by atoms with Crippen molar-refractivity contribution in [2.24, 2.45) is 0 Å². The van der Waals surface area contributed by atoms with Gasteiger partial charge in [0, 0.05) is 5.97 Å². The quantitative estimate of drug-likeness (QED) is 0.672. The van der Waals surface area contributed by atoms with Gasteiger partial charge in [-0.05, 0) is 24.0 Å². The monoisotopic (exact) mass is 370 g/mol. The number of carboxylic acids is 1. The van der Waals surface area contributed by atoms with E-state index in [1.165, 1.54) is 0 Å². The molecule has 0 spiro atoms. The zero-order chi connectivity index (χ0) is 19.5. The number of alkyl carbamates (subject to hydrolysis) is 1. The van der Waals surface area contributed by atoms with E-state index < -0.39 is 30.5 Å². The van der Waals surface area contributed by atoms with Crippen molar-refractivity contribution in [1.29, 1.82) is 0 Å². The fourth-order valence-corrected chi connectivity index (χ4v) is 2.25. The standard InChI is InChI=1S/C20H21NO6/c22-18(23)12-11-17(19(24)26-13-15-7-3-1-4-8-15)21-20(25)27-14-16-9-5-2-6-10-16/h1-10,17H,11-14H2,(H,21,25)(H,22,23)/p-1/t17-/m0/s1. The molecule has 0 aliphatic heterocycles. The number of carbonyl (C=O) groups is 3. The Morgan fingerprint density at radius 2 is 1.37 bits per heavy atom. The van der Waals surface area contributed by atoms with E-state index in [-0.39, 0.29) is 19.6 Å². The Hall–Kier alpha value is -3.35. The van der Waals surface area contributed by atoms with Crippen molar-refractivity contribution >= 4 is 18.0 Å². The fraction of sp³-hybridized carbons (Fsp3) is 0.250. The van der Waals surface area contributed by atoms with Gasteiger partial charge in [-0.1, -0.05) is 60.7 Å². The maximum absolute atomic E-state index is 12.2. The number of benzene rings is 2. The van der Waals surface area contributed by atoms with E-state index >= 15 is 0 Å². The van der Waals surface area contributed by atoms with Gasteiger partial charge in [-0.15, -0.1) is 0 Å². The molecule has 0 radical (unpaired) electrons. The summed E-state index contributed by atoms with van der Waals surface area (Å²) in [5.41, 5.74) is 1.56. The molecule has 0 saturated heterocycles. The number of aliphatic carboxylic acids is 1. The third kappa shape index (κ3) is 7.60. The normalized spacial score (nSPS) is 11.3. The van der Waals surface area contributed by atoms with Crippen LogP contribution in [0.5, 0.6) is 0 Å². The van der Waals surface area contributed by atoms with Gasteiger partial charge in [-0.25, -0.2) is 9.59 Å². The molecular weight excluding hydrogens is 350 g/mol. The van der Waals surface area contributed by atoms with Gasteiger partial charge in [-0.2, -0.15) is 0 Å². The van der Waals surface area contributed by atoms with Crippen LogP contribution in [0.15, 0.2) is 60.7 Å². The van der Waals surface area contributed by atoms with Crippen LogP contribution in [0, 0.1) is 0 Å². The molecule has 0 bridgehead atoms. The highest BCUT2D eigenvalue weighted by Gasteiger charge is 2.23. The highest BCUT2D eigenvalue weighted by atomic mass is 16.6. The molecule has 27 heavy (non-hydrogen) atoms. The van der Waals surface area contributed by atoms with Crippen LogP contribution in [0.25, 0.3) is 0 Å². The molecule has 0 unspecified atom stereocenters. The van der Waals surface area contributed by atoms with Crippen molar-refractivity contribution < 1.29 is 29.0 Å². The second-order valence-corrected chi connectivity index (χ2v) is 5.76. The molecule has 0 aromatic heterocycles. The Kier molecular flexibility index (Phi) is 7.84. The summed E-state index contributed by atoms with van der Waals surface area (Å²) in [4.78, 5) is 34.9.